The Balaban J connectivity index is 1.45. The van der Waals surface area contributed by atoms with Crippen LogP contribution in [0.5, 0.6) is 0 Å². The van der Waals surface area contributed by atoms with Gasteiger partial charge in [-0.05, 0) is 47.9 Å². The van der Waals surface area contributed by atoms with Crippen molar-refractivity contribution < 1.29 is 18.8 Å². The Labute approximate surface area is 173 Å². The molecule has 3 amide bonds. The second-order valence-electron chi connectivity index (χ2n) is 7.07. The number of amides is 3. The first-order chi connectivity index (χ1) is 14.5. The third-order valence-corrected chi connectivity index (χ3v) is 5.04. The van der Waals surface area contributed by atoms with Gasteiger partial charge in [-0.25, -0.2) is 4.39 Å². The Morgan fingerprint density at radius 1 is 0.833 bits per heavy atom. The first-order valence-corrected chi connectivity index (χ1v) is 9.60. The van der Waals surface area contributed by atoms with Crippen molar-refractivity contribution in [2.24, 2.45) is 0 Å². The van der Waals surface area contributed by atoms with Gasteiger partial charge in [-0.3, -0.25) is 19.3 Å². The van der Waals surface area contributed by atoms with Crippen molar-refractivity contribution >= 4 is 17.7 Å². The highest BCUT2D eigenvalue weighted by Crippen LogP contribution is 2.24. The molecule has 1 aliphatic rings. The molecule has 1 N–H and O–H groups in total. The average molecular weight is 402 g/mol. The van der Waals surface area contributed by atoms with E-state index in [0.29, 0.717) is 17.5 Å². The quantitative estimate of drug-likeness (QED) is 0.641. The van der Waals surface area contributed by atoms with E-state index in [2.05, 4.69) is 5.32 Å². The lowest BCUT2D eigenvalue weighted by atomic mass is 10.1. The summed E-state index contributed by atoms with van der Waals surface area (Å²) in [6.07, 6.45) is 0.563. The van der Waals surface area contributed by atoms with Crippen molar-refractivity contribution in [1.29, 1.82) is 0 Å². The van der Waals surface area contributed by atoms with Crippen molar-refractivity contribution in [2.75, 3.05) is 6.54 Å². The van der Waals surface area contributed by atoms with Gasteiger partial charge in [0, 0.05) is 18.7 Å². The van der Waals surface area contributed by atoms with Crippen LogP contribution >= 0.6 is 0 Å². The lowest BCUT2D eigenvalue weighted by Gasteiger charge is -2.13. The van der Waals surface area contributed by atoms with Gasteiger partial charge >= 0.3 is 0 Å². The average Bonchev–Trinajstić information content (AvgIpc) is 3.00. The molecule has 1 aliphatic heterocycles. The van der Waals surface area contributed by atoms with Crippen LogP contribution in [-0.2, 0) is 13.0 Å². The normalized spacial score (nSPS) is 12.8. The van der Waals surface area contributed by atoms with Gasteiger partial charge in [-0.2, -0.15) is 0 Å². The van der Waals surface area contributed by atoms with Crippen LogP contribution in [0.4, 0.5) is 4.39 Å². The standard InChI is InChI=1S/C24H19FN2O3/c25-19-8-4-7-17(13-19)15-26-22(28)18-9-10-20-21(14-18)24(30)27(23(20)29)12-11-16-5-2-1-3-6-16/h1-10,13-14H,11-12,15H2,(H,26,28). The van der Waals surface area contributed by atoms with Crippen molar-refractivity contribution in [1.82, 2.24) is 10.2 Å². The van der Waals surface area contributed by atoms with E-state index in [4.69, 9.17) is 0 Å². The summed E-state index contributed by atoms with van der Waals surface area (Å²) in [4.78, 5) is 39.1. The number of carbonyl (C=O) groups is 3. The van der Waals surface area contributed by atoms with Crippen molar-refractivity contribution in [3.8, 4) is 0 Å². The first-order valence-electron chi connectivity index (χ1n) is 9.60. The Hall–Kier alpha value is -3.80. The molecule has 0 fully saturated rings. The monoisotopic (exact) mass is 402 g/mol. The molecule has 6 heteroatoms. The molecule has 5 nitrogen and oxygen atoms in total. The second-order valence-corrected chi connectivity index (χ2v) is 7.07. The molecule has 0 spiro atoms. The highest BCUT2D eigenvalue weighted by molar-refractivity contribution is 6.22. The summed E-state index contributed by atoms with van der Waals surface area (Å²) in [7, 11) is 0. The summed E-state index contributed by atoms with van der Waals surface area (Å²) in [6.45, 7) is 0.432. The molecule has 3 aromatic carbocycles. The molecule has 3 aromatic rings. The minimum atomic E-state index is -0.398. The molecule has 0 aliphatic carbocycles. The van der Waals surface area contributed by atoms with Crippen LogP contribution in [0.3, 0.4) is 0 Å². The van der Waals surface area contributed by atoms with E-state index in [9.17, 15) is 18.8 Å². The molecule has 0 radical (unpaired) electrons. The van der Waals surface area contributed by atoms with Gasteiger partial charge in [0.1, 0.15) is 5.82 Å². The van der Waals surface area contributed by atoms with Crippen LogP contribution in [0, 0.1) is 5.82 Å². The number of imide groups is 1. The summed E-state index contributed by atoms with van der Waals surface area (Å²) in [5.74, 6) is -1.52. The lowest BCUT2D eigenvalue weighted by molar-refractivity contribution is 0.0656. The fourth-order valence-electron chi connectivity index (χ4n) is 3.45. The van der Waals surface area contributed by atoms with E-state index in [1.165, 1.54) is 35.2 Å². The van der Waals surface area contributed by atoms with Gasteiger partial charge in [0.05, 0.1) is 11.1 Å². The minimum absolute atomic E-state index is 0.157. The number of nitrogens with one attached hydrogen (secondary N) is 1. The molecule has 1 heterocycles. The van der Waals surface area contributed by atoms with Crippen molar-refractivity contribution in [3.05, 3.63) is 106 Å². The zero-order valence-electron chi connectivity index (χ0n) is 16.1. The molecule has 0 unspecified atom stereocenters. The molecule has 150 valence electrons. The number of nitrogens with zero attached hydrogens (tertiary/aromatic N) is 1. The number of benzene rings is 3. The minimum Gasteiger partial charge on any atom is -0.348 e. The van der Waals surface area contributed by atoms with E-state index in [0.717, 1.165) is 5.56 Å². The summed E-state index contributed by atoms with van der Waals surface area (Å²) in [5.41, 5.74) is 2.46. The van der Waals surface area contributed by atoms with Gasteiger partial charge in [-0.15, -0.1) is 0 Å². The van der Waals surface area contributed by atoms with E-state index in [-0.39, 0.29) is 35.9 Å². The third kappa shape index (κ3) is 3.98. The maximum atomic E-state index is 13.3. The van der Waals surface area contributed by atoms with Crippen LogP contribution < -0.4 is 5.32 Å². The molecule has 0 aromatic heterocycles. The maximum Gasteiger partial charge on any atom is 0.261 e. The number of hydrogen-bond donors (Lipinski definition) is 1. The first kappa shape index (κ1) is 19.5. The molecule has 0 saturated carbocycles. The third-order valence-electron chi connectivity index (χ3n) is 5.04. The van der Waals surface area contributed by atoms with Crippen LogP contribution in [0.25, 0.3) is 0 Å². The number of hydrogen-bond acceptors (Lipinski definition) is 3. The van der Waals surface area contributed by atoms with Gasteiger partial charge in [0.2, 0.25) is 0 Å². The van der Waals surface area contributed by atoms with Crippen molar-refractivity contribution in [3.63, 3.8) is 0 Å². The molecule has 30 heavy (non-hydrogen) atoms. The van der Waals surface area contributed by atoms with E-state index in [1.807, 2.05) is 30.3 Å². The maximum absolute atomic E-state index is 13.3. The molecule has 0 saturated heterocycles. The number of carbonyl (C=O) groups excluding carboxylic acids is 3. The van der Waals surface area contributed by atoms with Crippen LogP contribution in [0.1, 0.15) is 42.2 Å². The van der Waals surface area contributed by atoms with Crippen LogP contribution in [0.15, 0.2) is 72.8 Å². The number of halogens is 1. The Bertz CT molecular complexity index is 1130. The van der Waals surface area contributed by atoms with E-state index >= 15 is 0 Å². The Morgan fingerprint density at radius 2 is 1.57 bits per heavy atom. The molecule has 0 atom stereocenters. The van der Waals surface area contributed by atoms with Gasteiger partial charge in [0.25, 0.3) is 17.7 Å². The fourth-order valence-corrected chi connectivity index (χ4v) is 3.45. The van der Waals surface area contributed by atoms with Gasteiger partial charge < -0.3 is 5.32 Å². The molecule has 4 rings (SSSR count). The molecule has 0 bridgehead atoms. The lowest BCUT2D eigenvalue weighted by Crippen LogP contribution is -2.31. The van der Waals surface area contributed by atoms with E-state index < -0.39 is 11.8 Å². The Kier molecular flexibility index (Phi) is 5.39. The van der Waals surface area contributed by atoms with Gasteiger partial charge in [-0.1, -0.05) is 42.5 Å². The number of rotatable bonds is 6. The molecular formula is C24H19FN2O3. The number of fused-ring (bicyclic) bond motifs is 1. The fraction of sp³-hybridized carbons (Fsp3) is 0.125. The Morgan fingerprint density at radius 3 is 2.33 bits per heavy atom. The van der Waals surface area contributed by atoms with Crippen molar-refractivity contribution in [2.45, 2.75) is 13.0 Å². The zero-order chi connectivity index (χ0) is 21.1. The van der Waals surface area contributed by atoms with Crippen LogP contribution in [0.2, 0.25) is 0 Å². The SMILES string of the molecule is O=C(NCc1cccc(F)c1)c1ccc2c(c1)C(=O)N(CCc1ccccc1)C2=O. The van der Waals surface area contributed by atoms with E-state index in [1.54, 1.807) is 12.1 Å². The predicted molar refractivity (Wildman–Crippen MR) is 110 cm³/mol. The molecular weight excluding hydrogens is 383 g/mol. The predicted octanol–water partition coefficient (Wildman–Crippen LogP) is 3.59. The summed E-state index contributed by atoms with van der Waals surface area (Å²) >= 11 is 0. The highest BCUT2D eigenvalue weighted by atomic mass is 19.1. The van der Waals surface area contributed by atoms with Gasteiger partial charge in [0.15, 0.2) is 0 Å². The smallest absolute Gasteiger partial charge is 0.261 e. The summed E-state index contributed by atoms with van der Waals surface area (Å²) in [5, 5.41) is 2.70. The summed E-state index contributed by atoms with van der Waals surface area (Å²) in [6, 6.07) is 20.0. The van der Waals surface area contributed by atoms with Crippen LogP contribution in [-0.4, -0.2) is 29.2 Å². The largest absolute Gasteiger partial charge is 0.348 e. The summed E-state index contributed by atoms with van der Waals surface area (Å²) < 4.78 is 13.3. The second kappa shape index (κ2) is 8.29. The highest BCUT2D eigenvalue weighted by Gasteiger charge is 2.35. The zero-order valence-corrected chi connectivity index (χ0v) is 16.1. The topological polar surface area (TPSA) is 66.5 Å².